The molecule has 3 heterocycles. The molecule has 0 radical (unpaired) electrons. The first-order valence-corrected chi connectivity index (χ1v) is 8.15. The van der Waals surface area contributed by atoms with E-state index < -0.39 is 0 Å². The summed E-state index contributed by atoms with van der Waals surface area (Å²) in [6.07, 6.45) is 7.23. The molecule has 0 saturated carbocycles. The van der Waals surface area contributed by atoms with Crippen molar-refractivity contribution in [2.75, 3.05) is 19.7 Å². The Morgan fingerprint density at radius 3 is 2.70 bits per heavy atom. The molecule has 6 nitrogen and oxygen atoms in total. The molecule has 1 spiro atoms. The van der Waals surface area contributed by atoms with Gasteiger partial charge in [0.05, 0.1) is 16.9 Å². The molecule has 0 unspecified atom stereocenters. The Labute approximate surface area is 135 Å². The summed E-state index contributed by atoms with van der Waals surface area (Å²) in [4.78, 5) is 18.8. The highest BCUT2D eigenvalue weighted by atomic mass is 16.5. The number of amides is 1. The Bertz CT molecular complexity index is 682. The van der Waals surface area contributed by atoms with Gasteiger partial charge in [-0.1, -0.05) is 12.1 Å². The lowest BCUT2D eigenvalue weighted by atomic mass is 9.88. The van der Waals surface area contributed by atoms with Crippen LogP contribution in [0.15, 0.2) is 36.9 Å². The average Bonchev–Trinajstić information content (AvgIpc) is 3.27. The van der Waals surface area contributed by atoms with E-state index in [9.17, 15) is 4.79 Å². The third-order valence-corrected chi connectivity index (χ3v) is 4.95. The summed E-state index contributed by atoms with van der Waals surface area (Å²) in [6, 6.07) is 7.55. The maximum atomic E-state index is 12.9. The minimum absolute atomic E-state index is 0.0300. The Hall–Kier alpha value is -2.21. The summed E-state index contributed by atoms with van der Waals surface area (Å²) in [7, 11) is 0. The van der Waals surface area contributed by atoms with Crippen LogP contribution in [-0.4, -0.2) is 50.9 Å². The van der Waals surface area contributed by atoms with Gasteiger partial charge >= 0.3 is 0 Å². The van der Waals surface area contributed by atoms with Crippen LogP contribution in [0.5, 0.6) is 0 Å². The van der Waals surface area contributed by atoms with Crippen molar-refractivity contribution >= 4 is 5.91 Å². The maximum absolute atomic E-state index is 12.9. The molecule has 1 amide bonds. The second kappa shape index (κ2) is 5.77. The van der Waals surface area contributed by atoms with E-state index in [1.807, 2.05) is 29.2 Å². The second-order valence-corrected chi connectivity index (χ2v) is 6.28. The number of carbonyl (C=O) groups is 1. The number of nitrogens with zero attached hydrogens (tertiary/aromatic N) is 4. The summed E-state index contributed by atoms with van der Waals surface area (Å²) in [5.74, 6) is 0.0592. The van der Waals surface area contributed by atoms with Crippen LogP contribution < -0.4 is 0 Å². The second-order valence-electron chi connectivity index (χ2n) is 6.28. The molecule has 6 heteroatoms. The van der Waals surface area contributed by atoms with Crippen LogP contribution in [0.4, 0.5) is 0 Å². The number of hydrogen-bond donors (Lipinski definition) is 0. The van der Waals surface area contributed by atoms with E-state index in [1.165, 1.54) is 6.33 Å². The van der Waals surface area contributed by atoms with Gasteiger partial charge in [-0.2, -0.15) is 5.10 Å². The van der Waals surface area contributed by atoms with E-state index in [2.05, 4.69) is 10.1 Å². The predicted molar refractivity (Wildman–Crippen MR) is 84.4 cm³/mol. The Morgan fingerprint density at radius 1 is 1.17 bits per heavy atom. The average molecular weight is 312 g/mol. The van der Waals surface area contributed by atoms with Crippen LogP contribution in [0, 0.1) is 0 Å². The van der Waals surface area contributed by atoms with Crippen LogP contribution in [-0.2, 0) is 4.74 Å². The summed E-state index contributed by atoms with van der Waals surface area (Å²) < 4.78 is 7.58. The standard InChI is InChI=1S/C17H20N4O2/c22-16(20-9-7-17(8-10-20)6-3-11-23-17)14-4-1-2-5-15(14)21-13-18-12-19-21/h1-2,4-5,12-13H,3,6-11H2. The third-order valence-electron chi connectivity index (χ3n) is 4.95. The maximum Gasteiger partial charge on any atom is 0.256 e. The van der Waals surface area contributed by atoms with E-state index in [-0.39, 0.29) is 11.5 Å². The predicted octanol–water partition coefficient (Wildman–Crippen LogP) is 2.05. The molecule has 2 fully saturated rings. The largest absolute Gasteiger partial charge is 0.375 e. The molecule has 1 aromatic heterocycles. The first-order chi connectivity index (χ1) is 11.3. The Kier molecular flexibility index (Phi) is 3.61. The number of benzene rings is 1. The van der Waals surface area contributed by atoms with Crippen LogP contribution in [0.1, 0.15) is 36.0 Å². The van der Waals surface area contributed by atoms with Gasteiger partial charge in [0.15, 0.2) is 0 Å². The molecule has 120 valence electrons. The van der Waals surface area contributed by atoms with Gasteiger partial charge in [0.2, 0.25) is 0 Å². The zero-order chi connectivity index (χ0) is 15.7. The van der Waals surface area contributed by atoms with Gasteiger partial charge in [-0.25, -0.2) is 9.67 Å². The Morgan fingerprint density at radius 2 is 2.00 bits per heavy atom. The van der Waals surface area contributed by atoms with Crippen molar-refractivity contribution in [1.29, 1.82) is 0 Å². The lowest BCUT2D eigenvalue weighted by molar-refractivity contribution is -0.0387. The minimum atomic E-state index is 0.0300. The first-order valence-electron chi connectivity index (χ1n) is 8.15. The van der Waals surface area contributed by atoms with Crippen molar-refractivity contribution < 1.29 is 9.53 Å². The topological polar surface area (TPSA) is 60.2 Å². The lowest BCUT2D eigenvalue weighted by Gasteiger charge is -2.38. The summed E-state index contributed by atoms with van der Waals surface area (Å²) in [5, 5.41) is 4.15. The molecule has 0 bridgehead atoms. The molecular formula is C17H20N4O2. The zero-order valence-corrected chi connectivity index (χ0v) is 13.0. The molecule has 2 aromatic rings. The van der Waals surface area contributed by atoms with E-state index in [1.54, 1.807) is 11.0 Å². The molecular weight excluding hydrogens is 292 g/mol. The third kappa shape index (κ3) is 2.63. The van der Waals surface area contributed by atoms with E-state index >= 15 is 0 Å². The zero-order valence-electron chi connectivity index (χ0n) is 13.0. The molecule has 0 aliphatic carbocycles. The normalized spacial score (nSPS) is 20.1. The fourth-order valence-electron chi connectivity index (χ4n) is 3.62. The van der Waals surface area contributed by atoms with Gasteiger partial charge in [0.1, 0.15) is 12.7 Å². The summed E-state index contributed by atoms with van der Waals surface area (Å²) in [5.41, 5.74) is 1.47. The van der Waals surface area contributed by atoms with Gasteiger partial charge in [0.25, 0.3) is 5.91 Å². The monoisotopic (exact) mass is 312 g/mol. The lowest BCUT2D eigenvalue weighted by Crippen LogP contribution is -2.46. The smallest absolute Gasteiger partial charge is 0.256 e. The SMILES string of the molecule is O=C(c1ccccc1-n1cncn1)N1CCC2(CCCO2)CC1. The van der Waals surface area contributed by atoms with Gasteiger partial charge in [-0.15, -0.1) is 0 Å². The van der Waals surface area contributed by atoms with Crippen LogP contribution in [0.25, 0.3) is 5.69 Å². The molecule has 0 N–H and O–H groups in total. The molecule has 1 aromatic carbocycles. The summed E-state index contributed by atoms with van der Waals surface area (Å²) >= 11 is 0. The van der Waals surface area contributed by atoms with Crippen molar-refractivity contribution in [1.82, 2.24) is 19.7 Å². The van der Waals surface area contributed by atoms with Crippen LogP contribution in [0.3, 0.4) is 0 Å². The van der Waals surface area contributed by atoms with Crippen molar-refractivity contribution in [2.24, 2.45) is 0 Å². The highest BCUT2D eigenvalue weighted by Gasteiger charge is 2.39. The first kappa shape index (κ1) is 14.4. The molecule has 0 atom stereocenters. The number of ether oxygens (including phenoxy) is 1. The van der Waals surface area contributed by atoms with E-state index in [4.69, 9.17) is 4.74 Å². The van der Waals surface area contributed by atoms with Crippen molar-refractivity contribution in [3.05, 3.63) is 42.5 Å². The number of likely N-dealkylation sites (tertiary alicyclic amines) is 1. The fraction of sp³-hybridized carbons (Fsp3) is 0.471. The van der Waals surface area contributed by atoms with Gasteiger partial charge in [-0.05, 0) is 37.8 Å². The molecule has 2 saturated heterocycles. The number of piperidine rings is 1. The number of aromatic nitrogens is 3. The van der Waals surface area contributed by atoms with E-state index in [0.29, 0.717) is 5.56 Å². The van der Waals surface area contributed by atoms with Gasteiger partial charge in [0, 0.05) is 19.7 Å². The minimum Gasteiger partial charge on any atom is -0.375 e. The van der Waals surface area contributed by atoms with Gasteiger partial charge < -0.3 is 9.64 Å². The number of para-hydroxylation sites is 1. The Balaban J connectivity index is 1.54. The quantitative estimate of drug-likeness (QED) is 0.851. The molecule has 23 heavy (non-hydrogen) atoms. The summed E-state index contributed by atoms with van der Waals surface area (Å²) in [6.45, 7) is 2.37. The van der Waals surface area contributed by atoms with E-state index in [0.717, 1.165) is 51.1 Å². The molecule has 2 aliphatic heterocycles. The fourth-order valence-corrected chi connectivity index (χ4v) is 3.62. The number of carbonyl (C=O) groups excluding carboxylic acids is 1. The highest BCUT2D eigenvalue weighted by molar-refractivity contribution is 5.97. The molecule has 4 rings (SSSR count). The molecule has 2 aliphatic rings. The van der Waals surface area contributed by atoms with Gasteiger partial charge in [-0.3, -0.25) is 4.79 Å². The number of rotatable bonds is 2. The number of hydrogen-bond acceptors (Lipinski definition) is 4. The van der Waals surface area contributed by atoms with Crippen LogP contribution >= 0.6 is 0 Å². The van der Waals surface area contributed by atoms with Crippen molar-refractivity contribution in [3.8, 4) is 5.69 Å². The van der Waals surface area contributed by atoms with Crippen LogP contribution in [0.2, 0.25) is 0 Å². The van der Waals surface area contributed by atoms with Crippen molar-refractivity contribution in [2.45, 2.75) is 31.3 Å². The highest BCUT2D eigenvalue weighted by Crippen LogP contribution is 2.36. The van der Waals surface area contributed by atoms with Crippen molar-refractivity contribution in [3.63, 3.8) is 0 Å².